The van der Waals surface area contributed by atoms with Crippen LogP contribution >= 0.6 is 7.82 Å². The zero-order valence-electron chi connectivity index (χ0n) is 45.1. The quantitative estimate of drug-likeness (QED) is 0.0197. The fourth-order valence-corrected chi connectivity index (χ4v) is 7.79. The maximum Gasteiger partial charge on any atom is 0.472 e. The first-order chi connectivity index (χ1) is 35.2. The largest absolute Gasteiger partial charge is 0.472 e. The third-order valence-electron chi connectivity index (χ3n) is 11.2. The topological polar surface area (TPSA) is 155 Å². The Hall–Kier alpha value is -3.86. The normalized spacial score (nSPS) is 14.2. The molecule has 0 aliphatic rings. The zero-order chi connectivity index (χ0) is 52.7. The average Bonchev–Trinajstić information content (AvgIpc) is 3.37. The molecule has 0 saturated heterocycles. The van der Waals surface area contributed by atoms with Crippen LogP contribution in [0, 0.1) is 0 Å². The maximum absolute atomic E-state index is 12.9. The van der Waals surface area contributed by atoms with Crippen molar-refractivity contribution in [2.24, 2.45) is 0 Å². The van der Waals surface area contributed by atoms with E-state index in [1.807, 2.05) is 12.2 Å². The third-order valence-corrected chi connectivity index (χ3v) is 12.1. The molecule has 0 radical (unpaired) electrons. The van der Waals surface area contributed by atoms with E-state index in [0.29, 0.717) is 19.3 Å². The van der Waals surface area contributed by atoms with Crippen molar-refractivity contribution in [3.63, 3.8) is 0 Å². The molecule has 12 heteroatoms. The van der Waals surface area contributed by atoms with Crippen molar-refractivity contribution in [1.29, 1.82) is 0 Å². The Morgan fingerprint density at radius 2 is 0.750 bits per heavy atom. The molecule has 0 aromatic heterocycles. The zero-order valence-corrected chi connectivity index (χ0v) is 46.0. The molecule has 2 N–H and O–H groups in total. The van der Waals surface area contributed by atoms with Gasteiger partial charge in [0.25, 0.3) is 0 Å². The lowest BCUT2D eigenvalue weighted by Crippen LogP contribution is -2.30. The lowest BCUT2D eigenvalue weighted by atomic mass is 10.1. The second kappa shape index (κ2) is 53.4. The predicted octanol–water partition coefficient (Wildman–Crippen LogP) is 16.2. The summed E-state index contributed by atoms with van der Waals surface area (Å²) in [5, 5.41) is 9.79. The summed E-state index contributed by atoms with van der Waals surface area (Å²) in [6.45, 7) is 4.26. The van der Waals surface area contributed by atoms with Crippen LogP contribution in [0.3, 0.4) is 0 Å². The van der Waals surface area contributed by atoms with E-state index >= 15 is 0 Å². The molecule has 0 fully saturated rings. The highest BCUT2D eigenvalue weighted by Crippen LogP contribution is 2.43. The average molecular weight is 1030 g/mol. The third kappa shape index (κ3) is 51.1. The molecular formula is C60H99O11P. The summed E-state index contributed by atoms with van der Waals surface area (Å²) in [7, 11) is -4.78. The summed E-state index contributed by atoms with van der Waals surface area (Å²) >= 11 is 0. The Morgan fingerprint density at radius 1 is 0.403 bits per heavy atom. The van der Waals surface area contributed by atoms with E-state index in [1.165, 1.54) is 57.8 Å². The first-order valence-electron chi connectivity index (χ1n) is 27.8. The van der Waals surface area contributed by atoms with Gasteiger partial charge in [-0.25, -0.2) is 4.57 Å². The molecule has 0 bridgehead atoms. The number of hydrogen-bond donors (Lipinski definition) is 2. The molecule has 3 unspecified atom stereocenters. The Bertz CT molecular complexity index is 1620. The minimum atomic E-state index is -4.78. The first-order valence-corrected chi connectivity index (χ1v) is 29.3. The standard InChI is InChI=1S/C60H99O11P/c1-4-7-10-13-16-19-22-25-27-28-30-33-36-39-42-45-48-51-60(64)71-57(53-67-58(62)49-46-43-40-37-34-31-24-21-18-15-12-9-6-3)55-69-72(65,66)68-54-56(52-61)70-59(63)50-47-44-41-38-35-32-29-26-23-20-17-14-11-8-5-2/h8-9,11-12,17-18,20-21,25-27,29,31,34-35,38,40,43,56-57,61H,4-7,10,13-16,19,22-24,28,30,32-33,36-37,39,41-42,44-55H2,1-3H3,(H,65,66)/b11-8-,12-9-,20-17-,21-18-,27-25-,29-26-,34-31-,38-35-,43-40-. The van der Waals surface area contributed by atoms with Crippen molar-refractivity contribution in [2.45, 2.75) is 226 Å². The van der Waals surface area contributed by atoms with Gasteiger partial charge in [-0.2, -0.15) is 0 Å². The van der Waals surface area contributed by atoms with Crippen LogP contribution < -0.4 is 0 Å². The summed E-state index contributed by atoms with van der Waals surface area (Å²) in [4.78, 5) is 48.4. The van der Waals surface area contributed by atoms with Gasteiger partial charge >= 0.3 is 25.7 Å². The van der Waals surface area contributed by atoms with Gasteiger partial charge in [-0.15, -0.1) is 0 Å². The smallest absolute Gasteiger partial charge is 0.462 e. The van der Waals surface area contributed by atoms with Gasteiger partial charge in [-0.3, -0.25) is 23.4 Å². The fourth-order valence-electron chi connectivity index (χ4n) is 7.00. The summed E-state index contributed by atoms with van der Waals surface area (Å²) in [5.41, 5.74) is 0. The molecule has 72 heavy (non-hydrogen) atoms. The number of rotatable bonds is 50. The fraction of sp³-hybridized carbons (Fsp3) is 0.650. The molecule has 0 aliphatic heterocycles. The molecular weight excluding hydrogens is 928 g/mol. The second-order valence-electron chi connectivity index (χ2n) is 18.0. The highest BCUT2D eigenvalue weighted by atomic mass is 31.2. The number of ether oxygens (including phenoxy) is 3. The Labute approximate surface area is 437 Å². The van der Waals surface area contributed by atoms with Gasteiger partial charge in [0, 0.05) is 19.3 Å². The van der Waals surface area contributed by atoms with Crippen molar-refractivity contribution in [1.82, 2.24) is 0 Å². The van der Waals surface area contributed by atoms with Crippen LogP contribution in [0.5, 0.6) is 0 Å². The van der Waals surface area contributed by atoms with E-state index in [9.17, 15) is 28.9 Å². The van der Waals surface area contributed by atoms with Gasteiger partial charge in [-0.1, -0.05) is 194 Å². The Balaban J connectivity index is 4.84. The summed E-state index contributed by atoms with van der Waals surface area (Å²) in [6.07, 6.45) is 63.6. The number of allylic oxidation sites excluding steroid dienone is 18. The predicted molar refractivity (Wildman–Crippen MR) is 297 cm³/mol. The number of carbonyl (C=O) groups is 3. The molecule has 410 valence electrons. The number of phosphoric acid groups is 1. The van der Waals surface area contributed by atoms with Crippen LogP contribution in [0.4, 0.5) is 0 Å². The summed E-state index contributed by atoms with van der Waals surface area (Å²) in [6, 6.07) is 0. The highest BCUT2D eigenvalue weighted by Gasteiger charge is 2.28. The van der Waals surface area contributed by atoms with Crippen LogP contribution in [0.25, 0.3) is 0 Å². The van der Waals surface area contributed by atoms with Gasteiger partial charge in [0.15, 0.2) is 6.10 Å². The lowest BCUT2D eigenvalue weighted by Gasteiger charge is -2.21. The van der Waals surface area contributed by atoms with E-state index in [2.05, 4.69) is 118 Å². The minimum Gasteiger partial charge on any atom is -0.462 e. The number of phosphoric ester groups is 1. The number of unbranched alkanes of at least 4 members (excludes halogenated alkanes) is 15. The van der Waals surface area contributed by atoms with Gasteiger partial charge < -0.3 is 24.2 Å². The molecule has 11 nitrogen and oxygen atoms in total. The molecule has 0 rings (SSSR count). The van der Waals surface area contributed by atoms with E-state index in [0.717, 1.165) is 96.3 Å². The number of aliphatic hydroxyl groups is 1. The number of hydrogen-bond acceptors (Lipinski definition) is 10. The van der Waals surface area contributed by atoms with Crippen LogP contribution in [0.2, 0.25) is 0 Å². The number of esters is 3. The van der Waals surface area contributed by atoms with Gasteiger partial charge in [0.1, 0.15) is 12.7 Å². The molecule has 0 saturated carbocycles. The van der Waals surface area contributed by atoms with Gasteiger partial charge in [0.2, 0.25) is 0 Å². The summed E-state index contributed by atoms with van der Waals surface area (Å²) < 4.78 is 39.3. The SMILES string of the molecule is CC/C=C\C/C=C\C/C=C\C/C=C\CCCCC(=O)OC(CO)COP(=O)(O)OCC(COC(=O)CC/C=C\C/C=C\C/C=C\C/C=C\CC)OC(=O)CCCCCCCCC/C=C\CCCCCCCC. The number of aliphatic hydroxyl groups excluding tert-OH is 1. The molecule has 0 heterocycles. The van der Waals surface area contributed by atoms with Crippen molar-refractivity contribution in [2.75, 3.05) is 26.4 Å². The highest BCUT2D eigenvalue weighted by molar-refractivity contribution is 7.47. The first kappa shape index (κ1) is 68.1. The van der Waals surface area contributed by atoms with E-state index in [-0.39, 0.29) is 25.9 Å². The van der Waals surface area contributed by atoms with E-state index in [1.54, 1.807) is 0 Å². The van der Waals surface area contributed by atoms with Gasteiger partial charge in [0.05, 0.1) is 19.8 Å². The Morgan fingerprint density at radius 3 is 1.21 bits per heavy atom. The molecule has 0 aromatic rings. The molecule has 0 spiro atoms. The lowest BCUT2D eigenvalue weighted by molar-refractivity contribution is -0.161. The van der Waals surface area contributed by atoms with Crippen molar-refractivity contribution in [3.05, 3.63) is 109 Å². The Kier molecular flexibility index (Phi) is 50.6. The van der Waals surface area contributed by atoms with Crippen molar-refractivity contribution < 1.29 is 52.2 Å². The van der Waals surface area contributed by atoms with E-state index in [4.69, 9.17) is 23.3 Å². The molecule has 0 aliphatic carbocycles. The second-order valence-corrected chi connectivity index (χ2v) is 19.4. The molecule has 0 aromatic carbocycles. The molecule has 3 atom stereocenters. The van der Waals surface area contributed by atoms with Gasteiger partial charge in [-0.05, 0) is 109 Å². The van der Waals surface area contributed by atoms with E-state index < -0.39 is 57.8 Å². The minimum absolute atomic E-state index is 0.0971. The van der Waals surface area contributed by atoms with Crippen LogP contribution in [0.15, 0.2) is 109 Å². The summed E-state index contributed by atoms with van der Waals surface area (Å²) in [5.74, 6) is -1.62. The van der Waals surface area contributed by atoms with Crippen LogP contribution in [0.1, 0.15) is 213 Å². The van der Waals surface area contributed by atoms with Crippen LogP contribution in [-0.4, -0.2) is 66.5 Å². The monoisotopic (exact) mass is 1030 g/mol. The van der Waals surface area contributed by atoms with Crippen molar-refractivity contribution >= 4 is 25.7 Å². The van der Waals surface area contributed by atoms with Crippen molar-refractivity contribution in [3.8, 4) is 0 Å². The maximum atomic E-state index is 12.9. The van der Waals surface area contributed by atoms with Crippen LogP contribution in [-0.2, 0) is 42.2 Å². The number of carbonyl (C=O) groups excluding carboxylic acids is 3. The molecule has 0 amide bonds.